The lowest BCUT2D eigenvalue weighted by Gasteiger charge is -2.15. The van der Waals surface area contributed by atoms with Crippen LogP contribution in [0, 0.1) is 5.92 Å². The zero-order valence-corrected chi connectivity index (χ0v) is 12.7. The average Bonchev–Trinajstić information content (AvgIpc) is 2.42. The van der Waals surface area contributed by atoms with Gasteiger partial charge in [0.2, 0.25) is 11.8 Å². The van der Waals surface area contributed by atoms with Gasteiger partial charge in [0.1, 0.15) is 0 Å². The van der Waals surface area contributed by atoms with Crippen LogP contribution in [0.5, 0.6) is 11.8 Å². The van der Waals surface area contributed by atoms with Gasteiger partial charge in [-0.1, -0.05) is 25.6 Å². The van der Waals surface area contributed by atoms with Crippen molar-refractivity contribution in [3.8, 4) is 11.8 Å². The minimum absolute atomic E-state index is 0.171. The second kappa shape index (κ2) is 7.83. The molecule has 1 aromatic heterocycles. The van der Waals surface area contributed by atoms with E-state index >= 15 is 0 Å². The first kappa shape index (κ1) is 15.6. The van der Waals surface area contributed by atoms with Crippen LogP contribution in [-0.4, -0.2) is 42.7 Å². The lowest BCUT2D eigenvalue weighted by molar-refractivity contribution is 0.364. The Kier molecular flexibility index (Phi) is 6.41. The van der Waals surface area contributed by atoms with Crippen molar-refractivity contribution in [1.29, 1.82) is 0 Å². The first-order valence-electron chi connectivity index (χ1n) is 5.94. The van der Waals surface area contributed by atoms with E-state index in [0.29, 0.717) is 22.8 Å². The summed E-state index contributed by atoms with van der Waals surface area (Å²) in [7, 11) is 4.90. The van der Waals surface area contributed by atoms with E-state index in [2.05, 4.69) is 34.3 Å². The normalized spacial score (nSPS) is 12.7. The van der Waals surface area contributed by atoms with Crippen LogP contribution in [0.1, 0.15) is 13.8 Å². The zero-order chi connectivity index (χ0) is 14.3. The predicted molar refractivity (Wildman–Crippen MR) is 77.2 cm³/mol. The van der Waals surface area contributed by atoms with Crippen LogP contribution < -0.4 is 14.9 Å². The van der Waals surface area contributed by atoms with Crippen LogP contribution >= 0.6 is 11.8 Å². The molecular weight excluding hydrogens is 264 g/mol. The van der Waals surface area contributed by atoms with Crippen molar-refractivity contribution >= 4 is 18.0 Å². The summed E-state index contributed by atoms with van der Waals surface area (Å²) in [6.07, 6.45) is 1.85. The third-order valence-corrected chi connectivity index (χ3v) is 3.66. The molecule has 1 aromatic rings. The fourth-order valence-electron chi connectivity index (χ4n) is 1.25. The van der Waals surface area contributed by atoms with E-state index in [1.54, 1.807) is 27.3 Å². The summed E-state index contributed by atoms with van der Waals surface area (Å²) in [5, 5.41) is 4.84. The first-order chi connectivity index (χ1) is 9.10. The second-order valence-electron chi connectivity index (χ2n) is 4.06. The highest BCUT2D eigenvalue weighted by molar-refractivity contribution is 8.00. The predicted octanol–water partition coefficient (Wildman–Crippen LogP) is 1.82. The molecule has 1 atom stereocenters. The van der Waals surface area contributed by atoms with Gasteiger partial charge in [0, 0.05) is 13.3 Å². The molecule has 0 aromatic carbocycles. The number of rotatable bonds is 7. The molecule has 6 nitrogen and oxygen atoms in total. The summed E-state index contributed by atoms with van der Waals surface area (Å²) < 4.78 is 10.3. The molecule has 7 heteroatoms. The molecule has 0 aliphatic carbocycles. The molecule has 0 radical (unpaired) electrons. The third-order valence-electron chi connectivity index (χ3n) is 2.33. The Morgan fingerprint density at radius 1 is 1.26 bits per heavy atom. The number of hydrogen-bond donors (Lipinski definition) is 1. The number of nitrogens with one attached hydrogen (secondary N) is 1. The van der Waals surface area contributed by atoms with Gasteiger partial charge in [-0.05, 0) is 5.92 Å². The first-order valence-corrected chi connectivity index (χ1v) is 6.82. The number of nitrogens with zero attached hydrogens (tertiary/aromatic N) is 3. The van der Waals surface area contributed by atoms with E-state index in [9.17, 15) is 0 Å². The van der Waals surface area contributed by atoms with Gasteiger partial charge in [-0.25, -0.2) is 0 Å². The number of aromatic nitrogens is 2. The second-order valence-corrected chi connectivity index (χ2v) is 5.21. The largest absolute Gasteiger partial charge is 0.481 e. The fraction of sp³-hybridized carbons (Fsp3) is 0.583. The quantitative estimate of drug-likeness (QED) is 0.356. The molecule has 0 saturated heterocycles. The van der Waals surface area contributed by atoms with Crippen molar-refractivity contribution in [3.63, 3.8) is 0 Å². The molecule has 0 spiro atoms. The lowest BCUT2D eigenvalue weighted by atomic mass is 10.1. The smallest absolute Gasteiger partial charge is 0.220 e. The van der Waals surface area contributed by atoms with Crippen LogP contribution in [0.4, 0.5) is 0 Å². The van der Waals surface area contributed by atoms with Crippen LogP contribution in [0.15, 0.2) is 16.3 Å². The Labute approximate surface area is 118 Å². The molecule has 0 saturated carbocycles. The van der Waals surface area contributed by atoms with Crippen LogP contribution in [0.3, 0.4) is 0 Å². The monoisotopic (exact) mass is 284 g/mol. The maximum absolute atomic E-state index is 5.13. The average molecular weight is 284 g/mol. The molecule has 1 N–H and O–H groups in total. The van der Waals surface area contributed by atoms with Crippen molar-refractivity contribution in [2.75, 3.05) is 21.3 Å². The van der Waals surface area contributed by atoms with Crippen molar-refractivity contribution in [1.82, 2.24) is 15.4 Å². The minimum atomic E-state index is 0.171. The molecule has 0 aliphatic heterocycles. The number of methoxy groups -OCH3 is 2. The van der Waals surface area contributed by atoms with Gasteiger partial charge in [0.05, 0.1) is 25.5 Å². The van der Waals surface area contributed by atoms with Crippen molar-refractivity contribution in [2.45, 2.75) is 24.3 Å². The number of hydrogen-bond acceptors (Lipinski definition) is 7. The van der Waals surface area contributed by atoms with Crippen LogP contribution in [0.25, 0.3) is 0 Å². The van der Waals surface area contributed by atoms with Crippen molar-refractivity contribution in [3.05, 3.63) is 6.07 Å². The Morgan fingerprint density at radius 3 is 2.26 bits per heavy atom. The number of thioether (sulfide) groups is 1. The van der Waals surface area contributed by atoms with E-state index in [-0.39, 0.29) is 5.25 Å². The lowest BCUT2D eigenvalue weighted by Crippen LogP contribution is -2.15. The summed E-state index contributed by atoms with van der Waals surface area (Å²) >= 11 is 1.52. The minimum Gasteiger partial charge on any atom is -0.481 e. The molecule has 106 valence electrons. The summed E-state index contributed by atoms with van der Waals surface area (Å²) in [6, 6.07) is 1.65. The maximum atomic E-state index is 5.13. The van der Waals surface area contributed by atoms with Gasteiger partial charge < -0.3 is 14.9 Å². The summed E-state index contributed by atoms with van der Waals surface area (Å²) in [4.78, 5) is 8.60. The molecule has 19 heavy (non-hydrogen) atoms. The molecule has 1 rings (SSSR count). The molecule has 0 fully saturated rings. The standard InChI is InChI=1S/C12H20N4O2S/c1-8(2)9(7-14-13-3)19-12-15-10(17-4)6-11(16-12)18-5/h6-9,13H,1-5H3. The molecule has 1 heterocycles. The van der Waals surface area contributed by atoms with Gasteiger partial charge in [-0.2, -0.15) is 15.1 Å². The molecular formula is C12H20N4O2S. The molecule has 1 unspecified atom stereocenters. The fourth-order valence-corrected chi connectivity index (χ4v) is 2.18. The van der Waals surface area contributed by atoms with E-state index in [1.807, 2.05) is 6.21 Å². The Bertz CT molecular complexity index is 404. The van der Waals surface area contributed by atoms with Crippen LogP contribution in [-0.2, 0) is 0 Å². The summed E-state index contributed by atoms with van der Waals surface area (Å²) in [6.45, 7) is 4.24. The zero-order valence-electron chi connectivity index (χ0n) is 11.9. The van der Waals surface area contributed by atoms with Gasteiger partial charge in [-0.3, -0.25) is 0 Å². The van der Waals surface area contributed by atoms with E-state index in [0.717, 1.165) is 0 Å². The van der Waals surface area contributed by atoms with Gasteiger partial charge in [-0.15, -0.1) is 0 Å². The number of hydrazone groups is 1. The Hall–Kier alpha value is -1.50. The third kappa shape index (κ3) is 4.94. The van der Waals surface area contributed by atoms with E-state index in [4.69, 9.17) is 9.47 Å². The highest BCUT2D eigenvalue weighted by atomic mass is 32.2. The number of ether oxygens (including phenoxy) is 2. The van der Waals surface area contributed by atoms with Gasteiger partial charge >= 0.3 is 0 Å². The highest BCUT2D eigenvalue weighted by Crippen LogP contribution is 2.27. The Morgan fingerprint density at radius 2 is 1.84 bits per heavy atom. The maximum Gasteiger partial charge on any atom is 0.220 e. The molecule has 0 bridgehead atoms. The SMILES string of the molecule is CNN=CC(Sc1nc(OC)cc(OC)n1)C(C)C. The van der Waals surface area contributed by atoms with E-state index in [1.165, 1.54) is 11.8 Å². The summed E-state index contributed by atoms with van der Waals surface area (Å²) in [5.74, 6) is 1.38. The van der Waals surface area contributed by atoms with Crippen molar-refractivity contribution < 1.29 is 9.47 Å². The van der Waals surface area contributed by atoms with Gasteiger partial charge in [0.15, 0.2) is 5.16 Å². The van der Waals surface area contributed by atoms with E-state index < -0.39 is 0 Å². The Balaban J connectivity index is 2.91. The topological polar surface area (TPSA) is 68.6 Å². The summed E-state index contributed by atoms with van der Waals surface area (Å²) in [5.41, 5.74) is 2.75. The van der Waals surface area contributed by atoms with Crippen molar-refractivity contribution in [2.24, 2.45) is 11.0 Å². The van der Waals surface area contributed by atoms with Gasteiger partial charge in [0.25, 0.3) is 0 Å². The highest BCUT2D eigenvalue weighted by Gasteiger charge is 2.16. The molecule has 0 aliphatic rings. The molecule has 0 amide bonds. The van der Waals surface area contributed by atoms with Crippen LogP contribution in [0.2, 0.25) is 0 Å².